The van der Waals surface area contributed by atoms with E-state index in [2.05, 4.69) is 6.07 Å². The number of halogens is 1. The molecule has 0 atom stereocenters. The molecule has 0 amide bonds. The van der Waals surface area contributed by atoms with Gasteiger partial charge >= 0.3 is 0 Å². The van der Waals surface area contributed by atoms with Gasteiger partial charge in [0.1, 0.15) is 5.82 Å². The highest BCUT2D eigenvalue weighted by molar-refractivity contribution is 6.01. The first kappa shape index (κ1) is 12.8. The van der Waals surface area contributed by atoms with Gasteiger partial charge in [-0.05, 0) is 24.3 Å². The van der Waals surface area contributed by atoms with Gasteiger partial charge in [0, 0.05) is 27.6 Å². The second-order valence-corrected chi connectivity index (χ2v) is 5.26. The summed E-state index contributed by atoms with van der Waals surface area (Å²) in [6.07, 6.45) is 0. The van der Waals surface area contributed by atoms with Crippen molar-refractivity contribution >= 4 is 27.5 Å². The number of hydrogen-bond donors (Lipinski definition) is 1. The fourth-order valence-corrected chi connectivity index (χ4v) is 2.83. The summed E-state index contributed by atoms with van der Waals surface area (Å²) in [7, 11) is 0. The monoisotopic (exact) mass is 288 g/mol. The average molecular weight is 288 g/mol. The number of nitrogens with zero attached hydrogens (tertiary/aromatic N) is 1. The second kappa shape index (κ2) is 4.81. The van der Waals surface area contributed by atoms with E-state index in [1.807, 2.05) is 42.5 Å². The molecule has 0 saturated heterocycles. The van der Waals surface area contributed by atoms with Gasteiger partial charge in [0.2, 0.25) is 0 Å². The molecule has 0 fully saturated rings. The molecule has 0 saturated carbocycles. The second-order valence-electron chi connectivity index (χ2n) is 5.26. The topological polar surface area (TPSA) is 38.9 Å². The van der Waals surface area contributed by atoms with Gasteiger partial charge < -0.3 is 5.73 Å². The molecule has 0 aliphatic carbocycles. The van der Waals surface area contributed by atoms with Crippen molar-refractivity contribution in [1.82, 2.24) is 4.98 Å². The minimum absolute atomic E-state index is 0.331. The van der Waals surface area contributed by atoms with Gasteiger partial charge in [0.25, 0.3) is 0 Å². The van der Waals surface area contributed by atoms with Crippen molar-refractivity contribution in [1.29, 1.82) is 0 Å². The fourth-order valence-electron chi connectivity index (χ4n) is 2.83. The smallest absolute Gasteiger partial charge is 0.133 e. The summed E-state index contributed by atoms with van der Waals surface area (Å²) >= 11 is 0. The maximum absolute atomic E-state index is 14.3. The number of fused-ring (bicyclic) bond motifs is 2. The van der Waals surface area contributed by atoms with Crippen molar-refractivity contribution < 1.29 is 4.39 Å². The minimum Gasteiger partial charge on any atom is -0.398 e. The molecule has 3 aromatic carbocycles. The molecule has 0 radical (unpaired) electrons. The number of hydrogen-bond acceptors (Lipinski definition) is 2. The maximum atomic E-state index is 14.3. The molecule has 1 heterocycles. The molecule has 0 aliphatic heterocycles. The predicted molar refractivity (Wildman–Crippen MR) is 89.1 cm³/mol. The third kappa shape index (κ3) is 1.91. The van der Waals surface area contributed by atoms with Gasteiger partial charge in [-0.25, -0.2) is 9.37 Å². The van der Waals surface area contributed by atoms with Gasteiger partial charge in [-0.2, -0.15) is 0 Å². The number of nitrogen functional groups attached to an aromatic ring is 1. The van der Waals surface area contributed by atoms with Crippen LogP contribution in [0.15, 0.2) is 66.7 Å². The van der Waals surface area contributed by atoms with Gasteiger partial charge in [-0.3, -0.25) is 0 Å². The Morgan fingerprint density at radius 1 is 0.818 bits per heavy atom. The van der Waals surface area contributed by atoms with Crippen molar-refractivity contribution in [3.63, 3.8) is 0 Å². The highest BCUT2D eigenvalue weighted by Crippen LogP contribution is 2.34. The molecular formula is C19H13FN2. The Balaban J connectivity index is 2.12. The predicted octanol–water partition coefficient (Wildman–Crippen LogP) is 4.78. The maximum Gasteiger partial charge on any atom is 0.133 e. The van der Waals surface area contributed by atoms with Gasteiger partial charge in [-0.15, -0.1) is 0 Å². The lowest BCUT2D eigenvalue weighted by Crippen LogP contribution is -1.95. The van der Waals surface area contributed by atoms with Gasteiger partial charge in [0.05, 0.1) is 11.0 Å². The number of anilines is 1. The number of pyridine rings is 1. The Morgan fingerprint density at radius 3 is 2.45 bits per heavy atom. The number of benzene rings is 3. The summed E-state index contributed by atoms with van der Waals surface area (Å²) in [5.74, 6) is -0.331. The van der Waals surface area contributed by atoms with Gasteiger partial charge in [-0.1, -0.05) is 42.5 Å². The number of nitrogens with two attached hydrogens (primary N) is 1. The molecule has 1 aromatic heterocycles. The SMILES string of the molecule is Nc1cccc(F)c1-c1cccc2cc3ccccc3nc12. The van der Waals surface area contributed by atoms with E-state index in [0.29, 0.717) is 11.3 Å². The molecular weight excluding hydrogens is 275 g/mol. The summed E-state index contributed by atoms with van der Waals surface area (Å²) in [5, 5.41) is 2.03. The van der Waals surface area contributed by atoms with Crippen LogP contribution >= 0.6 is 0 Å². The summed E-state index contributed by atoms with van der Waals surface area (Å²) in [6.45, 7) is 0. The molecule has 22 heavy (non-hydrogen) atoms. The Kier molecular flexibility index (Phi) is 2.79. The Hall–Kier alpha value is -2.94. The van der Waals surface area contributed by atoms with Crippen molar-refractivity contribution in [3.8, 4) is 11.1 Å². The summed E-state index contributed by atoms with van der Waals surface area (Å²) in [4.78, 5) is 4.71. The van der Waals surface area contributed by atoms with Crippen LogP contribution in [0.2, 0.25) is 0 Å². The Labute approximate surface area is 127 Å². The lowest BCUT2D eigenvalue weighted by molar-refractivity contribution is 0.632. The zero-order valence-electron chi connectivity index (χ0n) is 11.8. The van der Waals surface area contributed by atoms with Crippen molar-refractivity contribution in [2.24, 2.45) is 0 Å². The Bertz CT molecular complexity index is 988. The molecule has 3 heteroatoms. The van der Waals surface area contributed by atoms with Crippen molar-refractivity contribution in [3.05, 3.63) is 72.5 Å². The molecule has 106 valence electrons. The van der Waals surface area contributed by atoms with Crippen LogP contribution in [0.1, 0.15) is 0 Å². The van der Waals surface area contributed by atoms with E-state index in [1.165, 1.54) is 6.07 Å². The molecule has 0 spiro atoms. The number of aromatic nitrogens is 1. The third-order valence-electron chi connectivity index (χ3n) is 3.86. The quantitative estimate of drug-likeness (QED) is 0.404. The van der Waals surface area contributed by atoms with E-state index in [-0.39, 0.29) is 5.82 Å². The normalized spacial score (nSPS) is 11.1. The fraction of sp³-hybridized carbons (Fsp3) is 0. The first-order valence-electron chi connectivity index (χ1n) is 7.07. The van der Waals surface area contributed by atoms with Crippen LogP contribution in [0, 0.1) is 5.82 Å². The molecule has 0 unspecified atom stereocenters. The van der Waals surface area contributed by atoms with Crippen LogP contribution in [0.3, 0.4) is 0 Å². The molecule has 2 N–H and O–H groups in total. The van der Waals surface area contributed by atoms with E-state index < -0.39 is 0 Å². The van der Waals surface area contributed by atoms with E-state index in [4.69, 9.17) is 10.7 Å². The molecule has 4 rings (SSSR count). The van der Waals surface area contributed by atoms with Crippen LogP contribution < -0.4 is 5.73 Å². The average Bonchev–Trinajstić information content (AvgIpc) is 2.53. The highest BCUT2D eigenvalue weighted by atomic mass is 19.1. The summed E-state index contributed by atoms with van der Waals surface area (Å²) in [6, 6.07) is 20.5. The standard InChI is InChI=1S/C19H13FN2/c20-15-8-4-9-16(21)18(15)14-7-3-6-13-11-12-5-1-2-10-17(12)22-19(13)14/h1-11H,21H2. The first-order valence-corrected chi connectivity index (χ1v) is 7.07. The Morgan fingerprint density at radius 2 is 1.59 bits per heavy atom. The number of para-hydroxylation sites is 2. The van der Waals surface area contributed by atoms with Crippen LogP contribution in [0.25, 0.3) is 32.9 Å². The summed E-state index contributed by atoms with van der Waals surface area (Å²) in [5.41, 5.74) is 9.19. The van der Waals surface area contributed by atoms with Crippen molar-refractivity contribution in [2.45, 2.75) is 0 Å². The molecule has 2 nitrogen and oxygen atoms in total. The van der Waals surface area contributed by atoms with Crippen LogP contribution in [-0.2, 0) is 0 Å². The minimum atomic E-state index is -0.331. The van der Waals surface area contributed by atoms with Crippen LogP contribution in [0.5, 0.6) is 0 Å². The zero-order valence-corrected chi connectivity index (χ0v) is 11.8. The van der Waals surface area contributed by atoms with Crippen LogP contribution in [-0.4, -0.2) is 4.98 Å². The van der Waals surface area contributed by atoms with E-state index in [1.54, 1.807) is 12.1 Å². The van der Waals surface area contributed by atoms with Gasteiger partial charge in [0.15, 0.2) is 0 Å². The largest absolute Gasteiger partial charge is 0.398 e. The lowest BCUT2D eigenvalue weighted by atomic mass is 9.99. The number of rotatable bonds is 1. The molecule has 0 bridgehead atoms. The highest BCUT2D eigenvalue weighted by Gasteiger charge is 2.13. The molecule has 4 aromatic rings. The van der Waals surface area contributed by atoms with E-state index in [0.717, 1.165) is 27.4 Å². The van der Waals surface area contributed by atoms with E-state index >= 15 is 0 Å². The zero-order chi connectivity index (χ0) is 15.1. The third-order valence-corrected chi connectivity index (χ3v) is 3.86. The molecule has 0 aliphatic rings. The van der Waals surface area contributed by atoms with Crippen molar-refractivity contribution in [2.75, 3.05) is 5.73 Å². The summed E-state index contributed by atoms with van der Waals surface area (Å²) < 4.78 is 14.3. The van der Waals surface area contributed by atoms with E-state index in [9.17, 15) is 4.39 Å². The first-order chi connectivity index (χ1) is 10.7. The van der Waals surface area contributed by atoms with Crippen LogP contribution in [0.4, 0.5) is 10.1 Å². The lowest BCUT2D eigenvalue weighted by Gasteiger charge is -2.11.